The minimum atomic E-state index is -0.111. The van der Waals surface area contributed by atoms with Crippen LogP contribution in [0.3, 0.4) is 0 Å². The van der Waals surface area contributed by atoms with Crippen LogP contribution in [0, 0.1) is 0 Å². The number of nitrogens with zero attached hydrogens (tertiary/aromatic N) is 2. The second-order valence-corrected chi connectivity index (χ2v) is 3.64. The van der Waals surface area contributed by atoms with Gasteiger partial charge in [0.1, 0.15) is 0 Å². The Bertz CT molecular complexity index is 334. The van der Waals surface area contributed by atoms with Gasteiger partial charge in [0.05, 0.1) is 5.38 Å². The molecule has 0 radical (unpaired) electrons. The third-order valence-corrected chi connectivity index (χ3v) is 2.67. The first kappa shape index (κ1) is 8.37. The van der Waals surface area contributed by atoms with Crippen LogP contribution in [-0.2, 0) is 16.1 Å². The largest absolute Gasteiger partial charge is 0.295 e. The van der Waals surface area contributed by atoms with Gasteiger partial charge in [0.25, 0.3) is 5.91 Å². The average Bonchev–Trinajstić information content (AvgIpc) is 2.54. The maximum Gasteiger partial charge on any atom is 0.295 e. The Hall–Kier alpha value is -1.23. The van der Waals surface area contributed by atoms with Crippen molar-refractivity contribution in [3.63, 3.8) is 0 Å². The van der Waals surface area contributed by atoms with Crippen molar-refractivity contribution < 1.29 is 14.2 Å². The van der Waals surface area contributed by atoms with Gasteiger partial charge in [-0.15, -0.1) is 0 Å². The van der Waals surface area contributed by atoms with E-state index in [1.165, 1.54) is 16.2 Å². The zero-order valence-electron chi connectivity index (χ0n) is 6.97. The lowest BCUT2D eigenvalue weighted by Gasteiger charge is -2.26. The van der Waals surface area contributed by atoms with Gasteiger partial charge in [0, 0.05) is 13.0 Å². The third kappa shape index (κ3) is 1.60. The molecule has 1 aliphatic heterocycles. The zero-order chi connectivity index (χ0) is 9.26. The van der Waals surface area contributed by atoms with Crippen LogP contribution in [0.25, 0.3) is 0 Å². The smallest absolute Gasteiger partial charge is 0.277 e. The summed E-state index contributed by atoms with van der Waals surface area (Å²) in [5, 5.41) is 1.89. The second-order valence-electron chi connectivity index (χ2n) is 2.89. The van der Waals surface area contributed by atoms with Crippen molar-refractivity contribution in [3.05, 3.63) is 17.1 Å². The van der Waals surface area contributed by atoms with E-state index in [-0.39, 0.29) is 18.4 Å². The highest BCUT2D eigenvalue weighted by Gasteiger charge is 2.31. The van der Waals surface area contributed by atoms with E-state index >= 15 is 0 Å². The number of amides is 2. The van der Waals surface area contributed by atoms with Crippen LogP contribution < -0.4 is 4.57 Å². The molecule has 0 N–H and O–H groups in total. The quantitative estimate of drug-likeness (QED) is 0.486. The van der Waals surface area contributed by atoms with Crippen LogP contribution in [0.15, 0.2) is 17.1 Å². The van der Waals surface area contributed by atoms with Gasteiger partial charge in [-0.05, 0) is 0 Å². The second kappa shape index (κ2) is 3.26. The van der Waals surface area contributed by atoms with E-state index in [4.69, 9.17) is 0 Å². The highest BCUT2D eigenvalue weighted by atomic mass is 32.1. The molecule has 4 nitrogen and oxygen atoms in total. The van der Waals surface area contributed by atoms with Crippen molar-refractivity contribution in [1.29, 1.82) is 0 Å². The first-order chi connectivity index (χ1) is 6.27. The molecule has 2 rings (SSSR count). The van der Waals surface area contributed by atoms with Gasteiger partial charge in [0.2, 0.25) is 18.0 Å². The van der Waals surface area contributed by atoms with Gasteiger partial charge >= 0.3 is 0 Å². The molecule has 0 saturated carbocycles. The summed E-state index contributed by atoms with van der Waals surface area (Å²) in [7, 11) is 0. The number of hydrogen-bond acceptors (Lipinski definition) is 3. The van der Waals surface area contributed by atoms with Crippen molar-refractivity contribution in [2.24, 2.45) is 0 Å². The molecule has 1 aliphatic rings. The van der Waals surface area contributed by atoms with Crippen molar-refractivity contribution in [2.45, 2.75) is 13.0 Å². The van der Waals surface area contributed by atoms with E-state index in [0.29, 0.717) is 13.0 Å². The number of aromatic nitrogens is 1. The fourth-order valence-electron chi connectivity index (χ4n) is 1.17. The summed E-state index contributed by atoms with van der Waals surface area (Å²) in [6.07, 6.45) is 2.34. The Morgan fingerprint density at radius 1 is 1.69 bits per heavy atom. The number of β-lactam (4-membered cyclic amide) rings is 1. The molecule has 68 valence electrons. The fourth-order valence-corrected chi connectivity index (χ4v) is 1.77. The molecule has 0 atom stereocenters. The van der Waals surface area contributed by atoms with E-state index in [9.17, 15) is 9.59 Å². The molecule has 1 aromatic heterocycles. The van der Waals surface area contributed by atoms with E-state index in [1.807, 2.05) is 17.1 Å². The van der Waals surface area contributed by atoms with Crippen molar-refractivity contribution in [3.8, 4) is 0 Å². The number of thiazole rings is 1. The van der Waals surface area contributed by atoms with Crippen LogP contribution in [0.5, 0.6) is 0 Å². The number of likely N-dealkylation sites (tertiary alicyclic amines) is 1. The third-order valence-electron chi connectivity index (χ3n) is 2.00. The van der Waals surface area contributed by atoms with Gasteiger partial charge in [-0.1, -0.05) is 11.3 Å². The number of carbonyl (C=O) groups excluding carboxylic acids is 2. The first-order valence-corrected chi connectivity index (χ1v) is 4.96. The Balaban J connectivity index is 1.96. The van der Waals surface area contributed by atoms with E-state index in [2.05, 4.69) is 0 Å². The predicted molar refractivity (Wildman–Crippen MR) is 45.9 cm³/mol. The van der Waals surface area contributed by atoms with Crippen molar-refractivity contribution >= 4 is 23.2 Å². The molecule has 0 spiro atoms. The SMILES string of the molecule is O=C1CCN1C(=O)C[n+]1ccsc1. The number of hydrogen-bond donors (Lipinski definition) is 0. The molecule has 1 aromatic rings. The van der Waals surface area contributed by atoms with E-state index < -0.39 is 0 Å². The summed E-state index contributed by atoms with van der Waals surface area (Å²) in [5.74, 6) is -0.166. The van der Waals surface area contributed by atoms with E-state index in [1.54, 1.807) is 4.57 Å². The maximum atomic E-state index is 11.4. The molecule has 1 saturated heterocycles. The monoisotopic (exact) mass is 197 g/mol. The van der Waals surface area contributed by atoms with Crippen molar-refractivity contribution in [1.82, 2.24) is 4.90 Å². The van der Waals surface area contributed by atoms with Crippen molar-refractivity contribution in [2.75, 3.05) is 6.54 Å². The summed E-state index contributed by atoms with van der Waals surface area (Å²) in [4.78, 5) is 23.6. The lowest BCUT2D eigenvalue weighted by molar-refractivity contribution is -0.680. The topological polar surface area (TPSA) is 41.3 Å². The van der Waals surface area contributed by atoms with Crippen LogP contribution in [-0.4, -0.2) is 23.3 Å². The molecule has 0 unspecified atom stereocenters. The molecular weight excluding hydrogens is 188 g/mol. The lowest BCUT2D eigenvalue weighted by atomic mass is 10.2. The molecule has 5 heteroatoms. The van der Waals surface area contributed by atoms with Gasteiger partial charge in [-0.3, -0.25) is 14.5 Å². The van der Waals surface area contributed by atoms with Gasteiger partial charge in [0.15, 0.2) is 6.20 Å². The fraction of sp³-hybridized carbons (Fsp3) is 0.375. The molecular formula is C8H9N2O2S+. The molecule has 1 fully saturated rings. The summed E-state index contributed by atoms with van der Waals surface area (Å²) in [5.41, 5.74) is 1.85. The maximum absolute atomic E-state index is 11.4. The van der Waals surface area contributed by atoms with Crippen LogP contribution in [0.1, 0.15) is 6.42 Å². The number of imide groups is 1. The summed E-state index contributed by atoms with van der Waals surface area (Å²) in [6, 6.07) is 0. The minimum Gasteiger partial charge on any atom is -0.277 e. The predicted octanol–water partition coefficient (Wildman–Crippen LogP) is -0.205. The average molecular weight is 197 g/mol. The molecule has 2 amide bonds. The van der Waals surface area contributed by atoms with Gasteiger partial charge in [-0.2, -0.15) is 4.57 Å². The summed E-state index contributed by atoms with van der Waals surface area (Å²) < 4.78 is 1.78. The summed E-state index contributed by atoms with van der Waals surface area (Å²) >= 11 is 1.53. The standard InChI is InChI=1S/C8H9N2O2S/c11-7-1-2-10(7)8(12)5-9-3-4-13-6-9/h3-4,6H,1-2,5H2/q+1. The Morgan fingerprint density at radius 3 is 3.00 bits per heavy atom. The molecule has 13 heavy (non-hydrogen) atoms. The molecule has 0 aliphatic carbocycles. The minimum absolute atomic E-state index is 0.0548. The van der Waals surface area contributed by atoms with Crippen LogP contribution in [0.4, 0.5) is 0 Å². The Kier molecular flexibility index (Phi) is 2.10. The summed E-state index contributed by atoms with van der Waals surface area (Å²) in [6.45, 7) is 0.859. The number of carbonyl (C=O) groups is 2. The Labute approximate surface area is 79.4 Å². The lowest BCUT2D eigenvalue weighted by Crippen LogP contribution is -2.52. The Morgan fingerprint density at radius 2 is 2.54 bits per heavy atom. The molecule has 2 heterocycles. The van der Waals surface area contributed by atoms with Gasteiger partial charge < -0.3 is 0 Å². The highest BCUT2D eigenvalue weighted by molar-refractivity contribution is 7.07. The highest BCUT2D eigenvalue weighted by Crippen LogP contribution is 2.08. The van der Waals surface area contributed by atoms with Gasteiger partial charge in [-0.25, -0.2) is 0 Å². The first-order valence-electron chi connectivity index (χ1n) is 4.02. The molecule has 0 bridgehead atoms. The molecule has 0 aromatic carbocycles. The normalized spacial score (nSPS) is 15.7. The zero-order valence-corrected chi connectivity index (χ0v) is 7.79. The number of rotatable bonds is 2. The van der Waals surface area contributed by atoms with E-state index in [0.717, 1.165) is 0 Å². The van der Waals surface area contributed by atoms with Crippen LogP contribution in [0.2, 0.25) is 0 Å². The van der Waals surface area contributed by atoms with Crippen LogP contribution >= 0.6 is 11.3 Å².